The summed E-state index contributed by atoms with van der Waals surface area (Å²) in [6, 6.07) is 4.76. The van der Waals surface area contributed by atoms with E-state index in [2.05, 4.69) is 0 Å². The molecule has 1 unspecified atom stereocenters. The molecule has 1 saturated heterocycles. The predicted molar refractivity (Wildman–Crippen MR) is 67.4 cm³/mol. The van der Waals surface area contributed by atoms with Gasteiger partial charge in [-0.2, -0.15) is 5.26 Å². The quantitative estimate of drug-likeness (QED) is 0.640. The Morgan fingerprint density at radius 1 is 1.60 bits per heavy atom. The van der Waals surface area contributed by atoms with Gasteiger partial charge in [-0.1, -0.05) is 0 Å². The van der Waals surface area contributed by atoms with Crippen molar-refractivity contribution in [2.45, 2.75) is 6.04 Å². The third kappa shape index (κ3) is 2.53. The highest BCUT2D eigenvalue weighted by atomic mass is 16.6. The third-order valence-corrected chi connectivity index (χ3v) is 3.02. The van der Waals surface area contributed by atoms with Crippen LogP contribution in [0.4, 0.5) is 11.4 Å². The van der Waals surface area contributed by atoms with Crippen molar-refractivity contribution in [3.05, 3.63) is 33.9 Å². The van der Waals surface area contributed by atoms with Gasteiger partial charge in [0.05, 0.1) is 29.8 Å². The lowest BCUT2D eigenvalue weighted by Gasteiger charge is -2.34. The van der Waals surface area contributed by atoms with Crippen LogP contribution in [0.1, 0.15) is 5.56 Å². The van der Waals surface area contributed by atoms with Crippen LogP contribution in [0.5, 0.6) is 0 Å². The number of aliphatic carboxylic acids is 1. The highest BCUT2D eigenvalue weighted by Gasteiger charge is 2.33. The molecule has 1 N–H and O–H groups in total. The van der Waals surface area contributed by atoms with Gasteiger partial charge < -0.3 is 14.7 Å². The number of carboxylic acids is 1. The van der Waals surface area contributed by atoms with Crippen molar-refractivity contribution in [1.82, 2.24) is 0 Å². The van der Waals surface area contributed by atoms with Gasteiger partial charge in [0.15, 0.2) is 6.04 Å². The predicted octanol–water partition coefficient (Wildman–Crippen LogP) is 0.756. The molecule has 2 rings (SSSR count). The molecule has 1 heterocycles. The average Bonchev–Trinajstić information content (AvgIpc) is 2.46. The maximum atomic E-state index is 11.2. The van der Waals surface area contributed by atoms with E-state index < -0.39 is 16.9 Å². The van der Waals surface area contributed by atoms with Gasteiger partial charge in [-0.15, -0.1) is 0 Å². The van der Waals surface area contributed by atoms with E-state index in [0.29, 0.717) is 0 Å². The van der Waals surface area contributed by atoms with Crippen molar-refractivity contribution in [2.24, 2.45) is 0 Å². The Hall–Kier alpha value is -2.66. The van der Waals surface area contributed by atoms with Crippen molar-refractivity contribution in [3.8, 4) is 6.07 Å². The van der Waals surface area contributed by atoms with E-state index >= 15 is 0 Å². The van der Waals surface area contributed by atoms with Crippen molar-refractivity contribution < 1.29 is 19.6 Å². The van der Waals surface area contributed by atoms with Crippen LogP contribution in [0.15, 0.2) is 18.2 Å². The lowest BCUT2D eigenvalue weighted by molar-refractivity contribution is -0.384. The molecule has 8 heteroatoms. The van der Waals surface area contributed by atoms with E-state index in [1.165, 1.54) is 23.1 Å². The number of carboxylic acid groups (broad SMARTS) is 1. The minimum atomic E-state index is -1.12. The molecular weight excluding hydrogens is 266 g/mol. The van der Waals surface area contributed by atoms with Crippen molar-refractivity contribution >= 4 is 17.3 Å². The van der Waals surface area contributed by atoms with E-state index in [4.69, 9.17) is 15.1 Å². The summed E-state index contributed by atoms with van der Waals surface area (Å²) in [6.07, 6.45) is 0. The smallest absolute Gasteiger partial charge is 0.328 e. The number of hydrogen-bond acceptors (Lipinski definition) is 6. The number of benzene rings is 1. The van der Waals surface area contributed by atoms with Gasteiger partial charge in [0.1, 0.15) is 5.69 Å². The molecule has 0 aliphatic carbocycles. The maximum Gasteiger partial charge on any atom is 0.328 e. The summed E-state index contributed by atoms with van der Waals surface area (Å²) in [5.41, 5.74) is 0.142. The van der Waals surface area contributed by atoms with Gasteiger partial charge in [0.2, 0.25) is 0 Å². The van der Waals surface area contributed by atoms with Crippen LogP contribution >= 0.6 is 0 Å². The first-order valence-corrected chi connectivity index (χ1v) is 5.80. The zero-order valence-corrected chi connectivity index (χ0v) is 10.4. The Morgan fingerprint density at radius 2 is 2.35 bits per heavy atom. The fraction of sp³-hybridized carbons (Fsp3) is 0.333. The van der Waals surface area contributed by atoms with Gasteiger partial charge in [0.25, 0.3) is 5.69 Å². The number of anilines is 1. The minimum absolute atomic E-state index is 0.0523. The molecule has 1 aromatic carbocycles. The molecule has 1 aliphatic heterocycles. The second-order valence-electron chi connectivity index (χ2n) is 4.19. The van der Waals surface area contributed by atoms with Gasteiger partial charge in [-0.05, 0) is 12.1 Å². The fourth-order valence-electron chi connectivity index (χ4n) is 2.07. The zero-order chi connectivity index (χ0) is 14.7. The molecular formula is C12H11N3O5. The number of nitriles is 1. The Kier molecular flexibility index (Phi) is 3.81. The molecule has 1 fully saturated rings. The van der Waals surface area contributed by atoms with E-state index in [0.717, 1.165) is 0 Å². The molecule has 1 atom stereocenters. The Labute approximate surface area is 113 Å². The first kappa shape index (κ1) is 13.8. The number of nitro benzene ring substituents is 1. The van der Waals surface area contributed by atoms with Crippen molar-refractivity contribution in [1.29, 1.82) is 5.26 Å². The Bertz CT molecular complexity index is 595. The van der Waals surface area contributed by atoms with Crippen LogP contribution in [0, 0.1) is 21.4 Å². The number of carbonyl (C=O) groups is 1. The molecule has 0 aromatic heterocycles. The standard InChI is InChI=1S/C12H11N3O5/c13-6-8-1-2-9(15(18)19)10(5-8)14-3-4-20-7-11(14)12(16)17/h1-2,5,11H,3-4,7H2,(H,16,17). The highest BCUT2D eigenvalue weighted by Crippen LogP contribution is 2.31. The first-order chi connectivity index (χ1) is 9.54. The summed E-state index contributed by atoms with van der Waals surface area (Å²) in [5, 5.41) is 29.1. The minimum Gasteiger partial charge on any atom is -0.480 e. The summed E-state index contributed by atoms with van der Waals surface area (Å²) >= 11 is 0. The van der Waals surface area contributed by atoms with E-state index in [1.54, 1.807) is 0 Å². The van der Waals surface area contributed by atoms with Crippen LogP contribution in [-0.2, 0) is 9.53 Å². The Morgan fingerprint density at radius 3 is 2.95 bits per heavy atom. The third-order valence-electron chi connectivity index (χ3n) is 3.02. The van der Waals surface area contributed by atoms with Gasteiger partial charge in [0, 0.05) is 12.6 Å². The highest BCUT2D eigenvalue weighted by molar-refractivity contribution is 5.81. The summed E-state index contributed by atoms with van der Waals surface area (Å²) in [4.78, 5) is 23.1. The monoisotopic (exact) mass is 277 g/mol. The summed E-state index contributed by atoms with van der Waals surface area (Å²) < 4.78 is 5.09. The Balaban J connectivity index is 2.50. The van der Waals surface area contributed by atoms with Crippen LogP contribution in [-0.4, -0.2) is 41.8 Å². The fourth-order valence-corrected chi connectivity index (χ4v) is 2.07. The van der Waals surface area contributed by atoms with Crippen molar-refractivity contribution in [2.75, 3.05) is 24.7 Å². The van der Waals surface area contributed by atoms with Gasteiger partial charge in [-0.3, -0.25) is 10.1 Å². The number of hydrogen-bond donors (Lipinski definition) is 1. The molecule has 0 bridgehead atoms. The maximum absolute atomic E-state index is 11.2. The van der Waals surface area contributed by atoms with Crippen molar-refractivity contribution in [3.63, 3.8) is 0 Å². The molecule has 0 radical (unpaired) electrons. The van der Waals surface area contributed by atoms with Crippen LogP contribution < -0.4 is 4.90 Å². The number of nitro groups is 1. The molecule has 1 aliphatic rings. The molecule has 0 amide bonds. The zero-order valence-electron chi connectivity index (χ0n) is 10.4. The second kappa shape index (κ2) is 5.54. The normalized spacial score (nSPS) is 18.4. The lowest BCUT2D eigenvalue weighted by atomic mass is 10.1. The van der Waals surface area contributed by atoms with Crippen LogP contribution in [0.3, 0.4) is 0 Å². The second-order valence-corrected chi connectivity index (χ2v) is 4.19. The summed E-state index contributed by atoms with van der Waals surface area (Å²) in [5.74, 6) is -1.12. The topological polar surface area (TPSA) is 117 Å². The molecule has 0 spiro atoms. The molecule has 20 heavy (non-hydrogen) atoms. The summed E-state index contributed by atoms with van der Waals surface area (Å²) in [6.45, 7) is 0.438. The average molecular weight is 277 g/mol. The SMILES string of the molecule is N#Cc1ccc([N+](=O)[O-])c(N2CCOCC2C(=O)O)c1. The van der Waals surface area contributed by atoms with E-state index in [9.17, 15) is 14.9 Å². The van der Waals surface area contributed by atoms with E-state index in [1.807, 2.05) is 6.07 Å². The van der Waals surface area contributed by atoms with Crippen LogP contribution in [0.25, 0.3) is 0 Å². The molecule has 1 aromatic rings. The lowest BCUT2D eigenvalue weighted by Crippen LogP contribution is -2.50. The molecule has 104 valence electrons. The van der Waals surface area contributed by atoms with E-state index in [-0.39, 0.29) is 36.7 Å². The number of morpholine rings is 1. The number of ether oxygens (including phenoxy) is 1. The molecule has 0 saturated carbocycles. The van der Waals surface area contributed by atoms with Gasteiger partial charge in [-0.25, -0.2) is 4.79 Å². The van der Waals surface area contributed by atoms with Gasteiger partial charge >= 0.3 is 5.97 Å². The largest absolute Gasteiger partial charge is 0.480 e. The number of nitrogens with zero attached hydrogens (tertiary/aromatic N) is 3. The summed E-state index contributed by atoms with van der Waals surface area (Å²) in [7, 11) is 0. The molecule has 8 nitrogen and oxygen atoms in total. The first-order valence-electron chi connectivity index (χ1n) is 5.80. The number of rotatable bonds is 3. The van der Waals surface area contributed by atoms with Crippen LogP contribution in [0.2, 0.25) is 0 Å².